The minimum Gasteiger partial charge on any atom is -0.396 e. The first kappa shape index (κ1) is 16.3. The van der Waals surface area contributed by atoms with Crippen LogP contribution in [-0.4, -0.2) is 34.7 Å². The smallest absolute Gasteiger partial charge is 0.378 e. The molecular formula is C12H18O6. The van der Waals surface area contributed by atoms with Crippen molar-refractivity contribution in [1.29, 1.82) is 0 Å². The van der Waals surface area contributed by atoms with Crippen LogP contribution >= 0.6 is 0 Å². The van der Waals surface area contributed by atoms with Crippen LogP contribution in [0.15, 0.2) is 24.3 Å². The molecule has 0 spiro atoms. The SMILES string of the molecule is C=C(C)C(=O)OC(O)(OC(=O)C(=C)C)C(C)CO. The molecule has 6 heteroatoms. The van der Waals surface area contributed by atoms with Crippen molar-refractivity contribution in [2.45, 2.75) is 26.7 Å². The average molecular weight is 258 g/mol. The zero-order valence-corrected chi connectivity index (χ0v) is 10.7. The first-order valence-electron chi connectivity index (χ1n) is 5.25. The number of aliphatic hydroxyl groups is 2. The van der Waals surface area contributed by atoms with Gasteiger partial charge in [0.25, 0.3) is 0 Å². The molecule has 0 saturated heterocycles. The van der Waals surface area contributed by atoms with Crippen molar-refractivity contribution in [2.75, 3.05) is 6.61 Å². The molecule has 0 aromatic carbocycles. The summed E-state index contributed by atoms with van der Waals surface area (Å²) >= 11 is 0. The Balaban J connectivity index is 5.06. The van der Waals surface area contributed by atoms with Crippen molar-refractivity contribution in [3.05, 3.63) is 24.3 Å². The molecule has 0 heterocycles. The maximum atomic E-state index is 11.4. The van der Waals surface area contributed by atoms with Crippen molar-refractivity contribution in [3.8, 4) is 0 Å². The maximum Gasteiger partial charge on any atom is 0.378 e. The number of esters is 2. The lowest BCUT2D eigenvalue weighted by Crippen LogP contribution is -2.47. The largest absolute Gasteiger partial charge is 0.396 e. The maximum absolute atomic E-state index is 11.4. The average Bonchev–Trinajstić information content (AvgIpc) is 2.27. The number of carbonyl (C=O) groups excluding carboxylic acids is 2. The molecule has 0 bridgehead atoms. The van der Waals surface area contributed by atoms with E-state index in [4.69, 9.17) is 5.11 Å². The predicted octanol–water partition coefficient (Wildman–Crippen LogP) is 0.499. The van der Waals surface area contributed by atoms with Gasteiger partial charge in [0.2, 0.25) is 0 Å². The van der Waals surface area contributed by atoms with Crippen molar-refractivity contribution in [3.63, 3.8) is 0 Å². The van der Waals surface area contributed by atoms with E-state index in [0.29, 0.717) is 0 Å². The third kappa shape index (κ3) is 4.31. The fraction of sp³-hybridized carbons (Fsp3) is 0.500. The van der Waals surface area contributed by atoms with E-state index in [9.17, 15) is 14.7 Å². The Kier molecular flexibility index (Phi) is 5.74. The van der Waals surface area contributed by atoms with Crippen LogP contribution < -0.4 is 0 Å². The minimum atomic E-state index is -2.55. The molecule has 1 unspecified atom stereocenters. The second kappa shape index (κ2) is 6.32. The van der Waals surface area contributed by atoms with Crippen LogP contribution in [0.5, 0.6) is 0 Å². The Morgan fingerprint density at radius 2 is 1.50 bits per heavy atom. The molecular weight excluding hydrogens is 240 g/mol. The van der Waals surface area contributed by atoms with Gasteiger partial charge in [-0.05, 0) is 20.8 Å². The molecule has 0 rings (SSSR count). The van der Waals surface area contributed by atoms with E-state index >= 15 is 0 Å². The Hall–Kier alpha value is -1.66. The van der Waals surface area contributed by atoms with Crippen LogP contribution in [0.4, 0.5) is 0 Å². The Morgan fingerprint density at radius 1 is 1.17 bits per heavy atom. The van der Waals surface area contributed by atoms with E-state index in [1.165, 1.54) is 20.8 Å². The highest BCUT2D eigenvalue weighted by Gasteiger charge is 2.42. The second-order valence-corrected chi connectivity index (χ2v) is 4.05. The number of ether oxygens (including phenoxy) is 2. The summed E-state index contributed by atoms with van der Waals surface area (Å²) in [5, 5.41) is 19.0. The van der Waals surface area contributed by atoms with Crippen molar-refractivity contribution < 1.29 is 29.3 Å². The molecule has 0 saturated carbocycles. The highest BCUT2D eigenvalue weighted by atomic mass is 16.8. The lowest BCUT2D eigenvalue weighted by molar-refractivity contribution is -0.347. The quantitative estimate of drug-likeness (QED) is 0.409. The van der Waals surface area contributed by atoms with Crippen LogP contribution in [0.1, 0.15) is 20.8 Å². The van der Waals surface area contributed by atoms with Crippen LogP contribution in [-0.2, 0) is 19.1 Å². The number of aliphatic hydroxyl groups excluding tert-OH is 1. The van der Waals surface area contributed by atoms with Gasteiger partial charge >= 0.3 is 17.9 Å². The third-order valence-corrected chi connectivity index (χ3v) is 2.07. The molecule has 0 aromatic rings. The molecule has 18 heavy (non-hydrogen) atoms. The highest BCUT2D eigenvalue weighted by Crippen LogP contribution is 2.23. The van der Waals surface area contributed by atoms with Gasteiger partial charge in [-0.25, -0.2) is 9.59 Å². The predicted molar refractivity (Wildman–Crippen MR) is 63.0 cm³/mol. The Bertz CT molecular complexity index is 343. The molecule has 0 aliphatic carbocycles. The highest BCUT2D eigenvalue weighted by molar-refractivity contribution is 5.88. The zero-order valence-electron chi connectivity index (χ0n) is 10.7. The molecule has 2 N–H and O–H groups in total. The van der Waals surface area contributed by atoms with Crippen LogP contribution in [0.25, 0.3) is 0 Å². The van der Waals surface area contributed by atoms with Gasteiger partial charge < -0.3 is 19.7 Å². The summed E-state index contributed by atoms with van der Waals surface area (Å²) in [6, 6.07) is 0. The minimum absolute atomic E-state index is 0.0185. The van der Waals surface area contributed by atoms with E-state index < -0.39 is 30.4 Å². The van der Waals surface area contributed by atoms with Crippen LogP contribution in [0, 0.1) is 5.92 Å². The molecule has 0 radical (unpaired) electrons. The zero-order chi connectivity index (χ0) is 14.5. The van der Waals surface area contributed by atoms with E-state index in [2.05, 4.69) is 22.6 Å². The number of rotatable bonds is 6. The molecule has 0 aliphatic heterocycles. The molecule has 0 aromatic heterocycles. The summed E-state index contributed by atoms with van der Waals surface area (Å²) < 4.78 is 9.29. The monoisotopic (exact) mass is 258 g/mol. The standard InChI is InChI=1S/C12H18O6/c1-7(2)10(14)17-12(16,9(5)6-13)18-11(15)8(3)4/h9,13,16H,1,3,6H2,2,4-5H3. The molecule has 6 nitrogen and oxygen atoms in total. The summed E-state index contributed by atoms with van der Waals surface area (Å²) in [5.74, 6) is -5.45. The van der Waals surface area contributed by atoms with Gasteiger partial charge in [0.05, 0.1) is 12.5 Å². The number of hydrogen-bond acceptors (Lipinski definition) is 6. The molecule has 0 amide bonds. The van der Waals surface area contributed by atoms with Gasteiger partial charge in [-0.3, -0.25) is 0 Å². The normalized spacial score (nSPS) is 12.5. The Morgan fingerprint density at radius 3 is 1.72 bits per heavy atom. The van der Waals surface area contributed by atoms with Crippen molar-refractivity contribution >= 4 is 11.9 Å². The molecule has 0 aliphatic rings. The van der Waals surface area contributed by atoms with E-state index in [1.54, 1.807) is 0 Å². The van der Waals surface area contributed by atoms with E-state index in [0.717, 1.165) is 0 Å². The summed E-state index contributed by atoms with van der Waals surface area (Å²) in [5.41, 5.74) is 0.0369. The fourth-order valence-electron chi connectivity index (χ4n) is 0.777. The van der Waals surface area contributed by atoms with Gasteiger partial charge in [0.15, 0.2) is 0 Å². The molecule has 1 atom stereocenters. The topological polar surface area (TPSA) is 93.1 Å². The van der Waals surface area contributed by atoms with Gasteiger partial charge in [0.1, 0.15) is 0 Å². The third-order valence-electron chi connectivity index (χ3n) is 2.07. The van der Waals surface area contributed by atoms with E-state index in [1.807, 2.05) is 0 Å². The van der Waals surface area contributed by atoms with Crippen molar-refractivity contribution in [1.82, 2.24) is 0 Å². The summed E-state index contributed by atoms with van der Waals surface area (Å²) in [4.78, 5) is 22.7. The number of hydrogen-bond donors (Lipinski definition) is 2. The van der Waals surface area contributed by atoms with Crippen LogP contribution in [0.2, 0.25) is 0 Å². The summed E-state index contributed by atoms with van der Waals surface area (Å²) in [6.07, 6.45) is 0. The Labute approximate surface area is 106 Å². The van der Waals surface area contributed by atoms with Gasteiger partial charge in [-0.1, -0.05) is 13.2 Å². The molecule has 0 fully saturated rings. The van der Waals surface area contributed by atoms with Gasteiger partial charge in [0, 0.05) is 11.1 Å². The summed E-state index contributed by atoms with van der Waals surface area (Å²) in [6.45, 7) is 10.2. The lowest BCUT2D eigenvalue weighted by Gasteiger charge is -2.31. The van der Waals surface area contributed by atoms with Gasteiger partial charge in [-0.2, -0.15) is 0 Å². The number of carbonyl (C=O) groups is 2. The van der Waals surface area contributed by atoms with Crippen molar-refractivity contribution in [2.24, 2.45) is 5.92 Å². The van der Waals surface area contributed by atoms with Gasteiger partial charge in [-0.15, -0.1) is 0 Å². The van der Waals surface area contributed by atoms with Crippen LogP contribution in [0.3, 0.4) is 0 Å². The van der Waals surface area contributed by atoms with E-state index in [-0.39, 0.29) is 11.1 Å². The fourth-order valence-corrected chi connectivity index (χ4v) is 0.777. The first-order chi connectivity index (χ1) is 8.14. The first-order valence-corrected chi connectivity index (χ1v) is 5.25. The molecule has 102 valence electrons. The second-order valence-electron chi connectivity index (χ2n) is 4.05. The lowest BCUT2D eigenvalue weighted by atomic mass is 10.1. The summed E-state index contributed by atoms with van der Waals surface area (Å²) in [7, 11) is 0.